The van der Waals surface area contributed by atoms with Gasteiger partial charge in [-0.05, 0) is 35.9 Å². The Morgan fingerprint density at radius 3 is 2.88 bits per heavy atom. The van der Waals surface area contributed by atoms with E-state index in [9.17, 15) is 4.79 Å². The lowest BCUT2D eigenvalue weighted by molar-refractivity contribution is -0.130. The molecule has 6 nitrogen and oxygen atoms in total. The van der Waals surface area contributed by atoms with Gasteiger partial charge < -0.3 is 14.2 Å². The minimum absolute atomic E-state index is 0.132. The van der Waals surface area contributed by atoms with Gasteiger partial charge in [0.15, 0.2) is 11.5 Å². The fourth-order valence-electron chi connectivity index (χ4n) is 2.15. The van der Waals surface area contributed by atoms with Gasteiger partial charge in [0, 0.05) is 0 Å². The summed E-state index contributed by atoms with van der Waals surface area (Å²) in [7, 11) is 1.54. The van der Waals surface area contributed by atoms with Crippen LogP contribution in [-0.4, -0.2) is 31.9 Å². The predicted octanol–water partition coefficient (Wildman–Crippen LogP) is 2.64. The molecular formula is C17H15ClN2O4. The van der Waals surface area contributed by atoms with Gasteiger partial charge in [-0.2, -0.15) is 5.10 Å². The summed E-state index contributed by atoms with van der Waals surface area (Å²) in [5, 5.41) is 4.38. The van der Waals surface area contributed by atoms with Gasteiger partial charge in [-0.3, -0.25) is 4.79 Å². The lowest BCUT2D eigenvalue weighted by Crippen LogP contribution is -2.42. The second-order valence-electron chi connectivity index (χ2n) is 4.99. The Kier molecular flexibility index (Phi) is 4.86. The monoisotopic (exact) mass is 346 g/mol. The smallest absolute Gasteiger partial charge is 0.284 e. The molecule has 0 radical (unpaired) electrons. The van der Waals surface area contributed by atoms with Crippen LogP contribution in [-0.2, 0) is 4.79 Å². The van der Waals surface area contributed by atoms with Gasteiger partial charge in [-0.15, -0.1) is 0 Å². The van der Waals surface area contributed by atoms with E-state index in [1.165, 1.54) is 6.21 Å². The van der Waals surface area contributed by atoms with Crippen molar-refractivity contribution >= 4 is 23.7 Å². The van der Waals surface area contributed by atoms with Gasteiger partial charge in [-0.25, -0.2) is 5.43 Å². The van der Waals surface area contributed by atoms with Crippen molar-refractivity contribution in [1.29, 1.82) is 0 Å². The molecule has 0 fully saturated rings. The van der Waals surface area contributed by atoms with Gasteiger partial charge in [0.2, 0.25) is 6.10 Å². The van der Waals surface area contributed by atoms with Crippen LogP contribution < -0.4 is 19.6 Å². The molecule has 1 aliphatic rings. The van der Waals surface area contributed by atoms with Crippen LogP contribution in [0.1, 0.15) is 5.56 Å². The largest absolute Gasteiger partial charge is 0.495 e. The van der Waals surface area contributed by atoms with Crippen LogP contribution in [0.2, 0.25) is 5.02 Å². The van der Waals surface area contributed by atoms with Gasteiger partial charge in [0.1, 0.15) is 12.4 Å². The molecule has 1 N–H and O–H groups in total. The standard InChI is InChI=1S/C17H15ClN2O4/c1-22-13-7-6-11(8-12(13)18)9-19-20-17(21)16-10-23-14-4-2-3-5-15(14)24-16/h2-9,16H,10H2,1H3,(H,20,21). The number of fused-ring (bicyclic) bond motifs is 1. The summed E-state index contributed by atoms with van der Waals surface area (Å²) in [6.45, 7) is 0.132. The number of para-hydroxylation sites is 2. The maximum absolute atomic E-state index is 12.1. The zero-order chi connectivity index (χ0) is 16.9. The highest BCUT2D eigenvalue weighted by Gasteiger charge is 2.26. The SMILES string of the molecule is COc1ccc(C=NNC(=O)C2COc3ccccc3O2)cc1Cl. The first-order chi connectivity index (χ1) is 11.7. The highest BCUT2D eigenvalue weighted by molar-refractivity contribution is 6.32. The molecule has 1 unspecified atom stereocenters. The lowest BCUT2D eigenvalue weighted by atomic mass is 10.2. The van der Waals surface area contributed by atoms with Crippen LogP contribution in [0, 0.1) is 0 Å². The fourth-order valence-corrected chi connectivity index (χ4v) is 2.42. The van der Waals surface area contributed by atoms with Gasteiger partial charge in [0.05, 0.1) is 18.3 Å². The third kappa shape index (κ3) is 3.60. The van der Waals surface area contributed by atoms with Crippen molar-refractivity contribution in [2.75, 3.05) is 13.7 Å². The van der Waals surface area contributed by atoms with Crippen molar-refractivity contribution in [3.63, 3.8) is 0 Å². The van der Waals surface area contributed by atoms with Crippen molar-refractivity contribution in [2.24, 2.45) is 5.10 Å². The highest BCUT2D eigenvalue weighted by atomic mass is 35.5. The Bertz CT molecular complexity index is 779. The lowest BCUT2D eigenvalue weighted by Gasteiger charge is -2.24. The van der Waals surface area contributed by atoms with Crippen molar-refractivity contribution in [1.82, 2.24) is 5.43 Å². The number of hydrogen-bond acceptors (Lipinski definition) is 5. The molecule has 0 aliphatic carbocycles. The molecule has 0 saturated carbocycles. The topological polar surface area (TPSA) is 69.2 Å². The van der Waals surface area contributed by atoms with E-state index in [1.54, 1.807) is 37.4 Å². The molecule has 124 valence electrons. The third-order valence-corrected chi connectivity index (χ3v) is 3.66. The average Bonchev–Trinajstić information content (AvgIpc) is 2.61. The van der Waals surface area contributed by atoms with E-state index >= 15 is 0 Å². The number of carbonyl (C=O) groups is 1. The normalized spacial score (nSPS) is 16.0. The van der Waals surface area contributed by atoms with Crippen molar-refractivity contribution < 1.29 is 19.0 Å². The summed E-state index contributed by atoms with van der Waals surface area (Å²) in [4.78, 5) is 12.1. The number of benzene rings is 2. The van der Waals surface area contributed by atoms with Crippen LogP contribution in [0.15, 0.2) is 47.6 Å². The minimum Gasteiger partial charge on any atom is -0.495 e. The first-order valence-corrected chi connectivity index (χ1v) is 7.60. The summed E-state index contributed by atoms with van der Waals surface area (Å²) < 4.78 is 16.2. The first kappa shape index (κ1) is 16.1. The number of carbonyl (C=O) groups excluding carboxylic acids is 1. The molecule has 1 amide bonds. The maximum Gasteiger partial charge on any atom is 0.284 e. The zero-order valence-electron chi connectivity index (χ0n) is 12.9. The van der Waals surface area contributed by atoms with E-state index in [-0.39, 0.29) is 12.5 Å². The first-order valence-electron chi connectivity index (χ1n) is 7.22. The Labute approximate surface area is 144 Å². The second-order valence-corrected chi connectivity index (χ2v) is 5.40. The molecule has 1 heterocycles. The van der Waals surface area contributed by atoms with Crippen LogP contribution in [0.5, 0.6) is 17.2 Å². The van der Waals surface area contributed by atoms with E-state index in [0.717, 1.165) is 5.56 Å². The Morgan fingerprint density at radius 1 is 1.33 bits per heavy atom. The number of halogens is 1. The fraction of sp³-hybridized carbons (Fsp3) is 0.176. The van der Waals surface area contributed by atoms with Crippen LogP contribution >= 0.6 is 11.6 Å². The summed E-state index contributed by atoms with van der Waals surface area (Å²) in [5.74, 6) is 1.34. The molecule has 3 rings (SSSR count). The molecule has 2 aromatic carbocycles. The van der Waals surface area contributed by atoms with E-state index in [0.29, 0.717) is 22.3 Å². The number of ether oxygens (including phenoxy) is 3. The molecule has 0 saturated heterocycles. The van der Waals surface area contributed by atoms with Crippen molar-refractivity contribution in [3.8, 4) is 17.2 Å². The average molecular weight is 347 g/mol. The summed E-state index contributed by atoms with van der Waals surface area (Å²) in [5.41, 5.74) is 3.16. The number of rotatable bonds is 4. The molecule has 0 bridgehead atoms. The second kappa shape index (κ2) is 7.23. The van der Waals surface area contributed by atoms with Gasteiger partial charge in [-0.1, -0.05) is 23.7 Å². The number of methoxy groups -OCH3 is 1. The molecule has 1 aliphatic heterocycles. The quantitative estimate of drug-likeness (QED) is 0.682. The Hall–Kier alpha value is -2.73. The predicted molar refractivity (Wildman–Crippen MR) is 90.1 cm³/mol. The van der Waals surface area contributed by atoms with E-state index in [2.05, 4.69) is 10.5 Å². The van der Waals surface area contributed by atoms with E-state index in [1.807, 2.05) is 12.1 Å². The number of nitrogens with zero attached hydrogens (tertiary/aromatic N) is 1. The molecule has 7 heteroatoms. The molecule has 0 aromatic heterocycles. The summed E-state index contributed by atoms with van der Waals surface area (Å²) in [6.07, 6.45) is 0.734. The number of hydrogen-bond donors (Lipinski definition) is 1. The Morgan fingerprint density at radius 2 is 2.12 bits per heavy atom. The van der Waals surface area contributed by atoms with Crippen LogP contribution in [0.3, 0.4) is 0 Å². The van der Waals surface area contributed by atoms with Crippen LogP contribution in [0.4, 0.5) is 0 Å². The molecule has 24 heavy (non-hydrogen) atoms. The third-order valence-electron chi connectivity index (χ3n) is 3.37. The van der Waals surface area contributed by atoms with E-state index < -0.39 is 6.10 Å². The number of amides is 1. The summed E-state index contributed by atoms with van der Waals surface area (Å²) >= 11 is 6.03. The molecule has 1 atom stereocenters. The summed E-state index contributed by atoms with van der Waals surface area (Å²) in [6, 6.07) is 12.4. The van der Waals surface area contributed by atoms with E-state index in [4.69, 9.17) is 25.8 Å². The highest BCUT2D eigenvalue weighted by Crippen LogP contribution is 2.30. The van der Waals surface area contributed by atoms with Crippen molar-refractivity contribution in [2.45, 2.75) is 6.10 Å². The Balaban J connectivity index is 1.59. The van der Waals surface area contributed by atoms with Crippen LogP contribution in [0.25, 0.3) is 0 Å². The van der Waals surface area contributed by atoms with Gasteiger partial charge >= 0.3 is 0 Å². The van der Waals surface area contributed by atoms with Crippen molar-refractivity contribution in [3.05, 3.63) is 53.1 Å². The molecule has 0 spiro atoms. The number of nitrogens with one attached hydrogen (secondary N) is 1. The minimum atomic E-state index is -0.753. The van der Waals surface area contributed by atoms with Gasteiger partial charge in [0.25, 0.3) is 5.91 Å². The molecular weight excluding hydrogens is 332 g/mol. The number of hydrazone groups is 1. The maximum atomic E-state index is 12.1. The molecule has 2 aromatic rings. The zero-order valence-corrected chi connectivity index (χ0v) is 13.6.